The van der Waals surface area contributed by atoms with E-state index in [0.717, 1.165) is 23.7 Å². The average Bonchev–Trinajstić information content (AvgIpc) is 2.91. The second-order valence-electron chi connectivity index (χ2n) is 3.86. The van der Waals surface area contributed by atoms with E-state index in [-0.39, 0.29) is 21.1 Å². The minimum absolute atomic E-state index is 0.0271. The molecule has 21 heavy (non-hydrogen) atoms. The highest BCUT2D eigenvalue weighted by molar-refractivity contribution is 7.80. The number of anilines is 1. The molecule has 110 valence electrons. The molecule has 0 bridgehead atoms. The summed E-state index contributed by atoms with van der Waals surface area (Å²) in [6.45, 7) is 0. The van der Waals surface area contributed by atoms with Gasteiger partial charge in [-0.15, -0.1) is 5.10 Å². The molecule has 0 radical (unpaired) electrons. The van der Waals surface area contributed by atoms with Crippen LogP contribution >= 0.6 is 23.8 Å². The summed E-state index contributed by atoms with van der Waals surface area (Å²) in [5, 5.41) is 5.80. The molecule has 1 amide bonds. The number of hydrogen-bond donors (Lipinski definition) is 2. The monoisotopic (exact) mass is 332 g/mol. The number of nitrogens with one attached hydrogen (secondary N) is 1. The Kier molecular flexibility index (Phi) is 4.19. The minimum atomic E-state index is -4.63. The Morgan fingerprint density at radius 2 is 2.10 bits per heavy atom. The van der Waals surface area contributed by atoms with Gasteiger partial charge in [-0.25, -0.2) is 0 Å². The standard InChI is InChI=1S/C11H7F3N4OS2/c12-11(13,14)7-3-5(1-2-6(7)9(15)20)17-10(19)8-4-16-18-21-8/h1-4H,(H2,15,20)(H,17,19). The number of aromatic nitrogens is 2. The first-order valence-corrected chi connectivity index (χ1v) is 6.57. The van der Waals surface area contributed by atoms with E-state index in [1.807, 2.05) is 0 Å². The molecule has 0 atom stereocenters. The summed E-state index contributed by atoms with van der Waals surface area (Å²) in [6.07, 6.45) is -3.42. The van der Waals surface area contributed by atoms with E-state index in [1.54, 1.807) is 0 Å². The van der Waals surface area contributed by atoms with Crippen LogP contribution in [-0.4, -0.2) is 20.5 Å². The number of nitrogens with zero attached hydrogens (tertiary/aromatic N) is 2. The van der Waals surface area contributed by atoms with E-state index in [0.29, 0.717) is 0 Å². The van der Waals surface area contributed by atoms with Crippen LogP contribution in [0.3, 0.4) is 0 Å². The number of rotatable bonds is 3. The molecule has 0 saturated heterocycles. The third kappa shape index (κ3) is 3.52. The van der Waals surface area contributed by atoms with Gasteiger partial charge in [0.25, 0.3) is 5.91 Å². The average molecular weight is 332 g/mol. The summed E-state index contributed by atoms with van der Waals surface area (Å²) < 4.78 is 42.4. The van der Waals surface area contributed by atoms with Crippen LogP contribution in [0.5, 0.6) is 0 Å². The van der Waals surface area contributed by atoms with Crippen molar-refractivity contribution >= 4 is 40.3 Å². The lowest BCUT2D eigenvalue weighted by atomic mass is 10.1. The summed E-state index contributed by atoms with van der Waals surface area (Å²) in [4.78, 5) is 11.6. The van der Waals surface area contributed by atoms with Crippen molar-refractivity contribution in [3.05, 3.63) is 40.4 Å². The fourth-order valence-electron chi connectivity index (χ4n) is 1.53. The smallest absolute Gasteiger partial charge is 0.389 e. The number of benzene rings is 1. The van der Waals surface area contributed by atoms with Crippen molar-refractivity contribution in [3.8, 4) is 0 Å². The van der Waals surface area contributed by atoms with Crippen molar-refractivity contribution < 1.29 is 18.0 Å². The van der Waals surface area contributed by atoms with Crippen molar-refractivity contribution in [3.63, 3.8) is 0 Å². The molecule has 2 rings (SSSR count). The Labute approximate surface area is 126 Å². The number of halogens is 3. The van der Waals surface area contributed by atoms with Crippen LogP contribution in [-0.2, 0) is 6.18 Å². The molecule has 0 spiro atoms. The summed E-state index contributed by atoms with van der Waals surface area (Å²) >= 11 is 5.42. The minimum Gasteiger partial charge on any atom is -0.389 e. The topological polar surface area (TPSA) is 80.9 Å². The number of nitrogens with two attached hydrogens (primary N) is 1. The molecule has 0 saturated carbocycles. The second kappa shape index (κ2) is 5.74. The first-order valence-electron chi connectivity index (χ1n) is 5.39. The van der Waals surface area contributed by atoms with E-state index in [2.05, 4.69) is 27.1 Å². The number of hydrogen-bond acceptors (Lipinski definition) is 5. The molecule has 1 heterocycles. The maximum absolute atomic E-state index is 13.0. The van der Waals surface area contributed by atoms with Gasteiger partial charge in [0.2, 0.25) is 0 Å². The van der Waals surface area contributed by atoms with Crippen molar-refractivity contribution in [2.24, 2.45) is 5.73 Å². The van der Waals surface area contributed by atoms with Gasteiger partial charge in [0, 0.05) is 11.3 Å². The van der Waals surface area contributed by atoms with Crippen molar-refractivity contribution in [1.29, 1.82) is 0 Å². The fourth-order valence-corrected chi connectivity index (χ4v) is 2.12. The van der Waals surface area contributed by atoms with Crippen LogP contribution in [0.25, 0.3) is 0 Å². The molecule has 3 N–H and O–H groups in total. The SMILES string of the molecule is NC(=S)c1ccc(NC(=O)c2cnns2)cc1C(F)(F)F. The Morgan fingerprint density at radius 1 is 1.38 bits per heavy atom. The fraction of sp³-hybridized carbons (Fsp3) is 0.0909. The van der Waals surface area contributed by atoms with Crippen molar-refractivity contribution in [2.75, 3.05) is 5.32 Å². The summed E-state index contributed by atoms with van der Waals surface area (Å²) in [7, 11) is 0. The highest BCUT2D eigenvalue weighted by Crippen LogP contribution is 2.34. The Balaban J connectivity index is 2.34. The van der Waals surface area contributed by atoms with Gasteiger partial charge in [-0.2, -0.15) is 13.2 Å². The van der Waals surface area contributed by atoms with E-state index >= 15 is 0 Å². The molecule has 0 aliphatic heterocycles. The van der Waals surface area contributed by atoms with Gasteiger partial charge in [-0.3, -0.25) is 4.79 Å². The van der Waals surface area contributed by atoms with Crippen LogP contribution < -0.4 is 11.1 Å². The van der Waals surface area contributed by atoms with E-state index in [9.17, 15) is 18.0 Å². The highest BCUT2D eigenvalue weighted by Gasteiger charge is 2.34. The number of alkyl halides is 3. The Morgan fingerprint density at radius 3 is 2.62 bits per heavy atom. The van der Waals surface area contributed by atoms with Crippen LogP contribution in [0, 0.1) is 0 Å². The van der Waals surface area contributed by atoms with Gasteiger partial charge in [0.15, 0.2) is 0 Å². The number of thiocarbonyl (C=S) groups is 1. The molecule has 0 fully saturated rings. The predicted molar refractivity (Wildman–Crippen MR) is 75.2 cm³/mol. The van der Waals surface area contributed by atoms with Gasteiger partial charge < -0.3 is 11.1 Å². The zero-order chi connectivity index (χ0) is 15.6. The molecule has 1 aromatic heterocycles. The molecular formula is C11H7F3N4OS2. The van der Waals surface area contributed by atoms with Gasteiger partial charge in [-0.1, -0.05) is 16.7 Å². The lowest BCUT2D eigenvalue weighted by Gasteiger charge is -2.14. The zero-order valence-corrected chi connectivity index (χ0v) is 11.8. The normalized spacial score (nSPS) is 11.2. The van der Waals surface area contributed by atoms with Gasteiger partial charge >= 0.3 is 6.18 Å². The Bertz CT molecular complexity index is 685. The molecule has 10 heteroatoms. The van der Waals surface area contributed by atoms with E-state index in [1.165, 1.54) is 12.3 Å². The predicted octanol–water partition coefficient (Wildman–Crippen LogP) is 2.44. The maximum Gasteiger partial charge on any atom is 0.417 e. The van der Waals surface area contributed by atoms with Crippen LogP contribution in [0.2, 0.25) is 0 Å². The maximum atomic E-state index is 13.0. The molecule has 0 aliphatic carbocycles. The van der Waals surface area contributed by atoms with Crippen molar-refractivity contribution in [1.82, 2.24) is 9.59 Å². The van der Waals surface area contributed by atoms with Crippen LogP contribution in [0.15, 0.2) is 24.4 Å². The number of carbonyl (C=O) groups excluding carboxylic acids is 1. The first kappa shape index (κ1) is 15.3. The summed E-state index contributed by atoms with van der Waals surface area (Å²) in [5.41, 5.74) is 3.94. The van der Waals surface area contributed by atoms with Crippen LogP contribution in [0.1, 0.15) is 20.8 Å². The van der Waals surface area contributed by atoms with E-state index in [4.69, 9.17) is 5.73 Å². The highest BCUT2D eigenvalue weighted by atomic mass is 32.1. The zero-order valence-electron chi connectivity index (χ0n) is 10.1. The molecular weight excluding hydrogens is 325 g/mol. The van der Waals surface area contributed by atoms with Gasteiger partial charge in [0.05, 0.1) is 11.8 Å². The lowest BCUT2D eigenvalue weighted by molar-refractivity contribution is -0.137. The molecule has 0 unspecified atom stereocenters. The van der Waals surface area contributed by atoms with Gasteiger partial charge in [0.1, 0.15) is 9.87 Å². The molecule has 1 aromatic carbocycles. The molecule has 2 aromatic rings. The molecule has 0 aliphatic rings. The summed E-state index contributed by atoms with van der Waals surface area (Å²) in [5.74, 6) is -0.596. The third-order valence-corrected chi connectivity index (χ3v) is 3.32. The largest absolute Gasteiger partial charge is 0.417 e. The first-order chi connectivity index (χ1) is 9.79. The number of carbonyl (C=O) groups is 1. The third-order valence-electron chi connectivity index (χ3n) is 2.43. The number of amides is 1. The summed E-state index contributed by atoms with van der Waals surface area (Å²) in [6, 6.07) is 3.18. The second-order valence-corrected chi connectivity index (χ2v) is 5.08. The quantitative estimate of drug-likeness (QED) is 0.844. The van der Waals surface area contributed by atoms with Crippen LogP contribution in [0.4, 0.5) is 18.9 Å². The van der Waals surface area contributed by atoms with E-state index < -0.39 is 17.6 Å². The Hall–Kier alpha value is -2.07. The lowest BCUT2D eigenvalue weighted by Crippen LogP contribution is -2.19. The van der Waals surface area contributed by atoms with Crippen molar-refractivity contribution in [2.45, 2.75) is 6.18 Å². The molecule has 5 nitrogen and oxygen atoms in total. The van der Waals surface area contributed by atoms with Gasteiger partial charge in [-0.05, 0) is 29.7 Å².